The number of hydrogen-bond acceptors (Lipinski definition) is 3. The molecule has 0 saturated heterocycles. The lowest BCUT2D eigenvalue weighted by Crippen LogP contribution is -2.32. The standard InChI is InChI=1S/C25H20F2N4O3/c26-20-7-6-16(10-21(20)27)14-31-8-2-5-19(25(31)34)24(33)30-12-15-3-1-4-17(9-15)18-11-22(23(28)32)29-13-18/h1-11,13,29H,12,14H2,(H2,28,32)(H,30,33). The van der Waals surface area contributed by atoms with Gasteiger partial charge in [-0.2, -0.15) is 0 Å². The molecule has 2 heterocycles. The molecule has 0 saturated carbocycles. The van der Waals surface area contributed by atoms with Crippen LogP contribution in [0.3, 0.4) is 0 Å². The van der Waals surface area contributed by atoms with E-state index >= 15 is 0 Å². The van der Waals surface area contributed by atoms with Gasteiger partial charge in [0.1, 0.15) is 11.3 Å². The lowest BCUT2D eigenvalue weighted by atomic mass is 10.1. The van der Waals surface area contributed by atoms with Crippen LogP contribution in [0.25, 0.3) is 11.1 Å². The number of benzene rings is 2. The summed E-state index contributed by atoms with van der Waals surface area (Å²) in [7, 11) is 0. The Morgan fingerprint density at radius 2 is 1.76 bits per heavy atom. The van der Waals surface area contributed by atoms with E-state index in [4.69, 9.17) is 5.73 Å². The Bertz CT molecular complexity index is 1440. The second-order valence-electron chi connectivity index (χ2n) is 7.65. The van der Waals surface area contributed by atoms with Crippen LogP contribution in [0.15, 0.2) is 77.9 Å². The van der Waals surface area contributed by atoms with Crippen LogP contribution in [-0.2, 0) is 13.1 Å². The average molecular weight is 462 g/mol. The monoisotopic (exact) mass is 462 g/mol. The first-order valence-electron chi connectivity index (χ1n) is 10.3. The van der Waals surface area contributed by atoms with E-state index in [1.54, 1.807) is 18.3 Å². The molecule has 2 amide bonds. The highest BCUT2D eigenvalue weighted by Crippen LogP contribution is 2.21. The Kier molecular flexibility index (Phi) is 6.35. The largest absolute Gasteiger partial charge is 0.364 e. The number of pyridine rings is 1. The predicted molar refractivity (Wildman–Crippen MR) is 122 cm³/mol. The maximum absolute atomic E-state index is 13.5. The third-order valence-corrected chi connectivity index (χ3v) is 5.26. The summed E-state index contributed by atoms with van der Waals surface area (Å²) in [4.78, 5) is 39.6. The van der Waals surface area contributed by atoms with Crippen molar-refractivity contribution in [1.29, 1.82) is 0 Å². The lowest BCUT2D eigenvalue weighted by Gasteiger charge is -2.10. The lowest BCUT2D eigenvalue weighted by molar-refractivity contribution is 0.0947. The molecular weight excluding hydrogens is 442 g/mol. The van der Waals surface area contributed by atoms with Crippen molar-refractivity contribution in [2.75, 3.05) is 0 Å². The number of aromatic nitrogens is 2. The highest BCUT2D eigenvalue weighted by molar-refractivity contribution is 5.94. The summed E-state index contributed by atoms with van der Waals surface area (Å²) in [5, 5.41) is 2.72. The fraction of sp³-hybridized carbons (Fsp3) is 0.0800. The minimum Gasteiger partial charge on any atom is -0.364 e. The third kappa shape index (κ3) is 4.93. The highest BCUT2D eigenvalue weighted by Gasteiger charge is 2.13. The third-order valence-electron chi connectivity index (χ3n) is 5.26. The quantitative estimate of drug-likeness (QED) is 0.392. The van der Waals surface area contributed by atoms with Crippen molar-refractivity contribution in [3.63, 3.8) is 0 Å². The molecule has 2 aromatic carbocycles. The number of carbonyl (C=O) groups is 2. The van der Waals surface area contributed by atoms with Crippen LogP contribution in [0.2, 0.25) is 0 Å². The molecule has 4 rings (SSSR count). The molecule has 0 aliphatic carbocycles. The van der Waals surface area contributed by atoms with Gasteiger partial charge in [-0.15, -0.1) is 0 Å². The molecule has 4 N–H and O–H groups in total. The van der Waals surface area contributed by atoms with Crippen molar-refractivity contribution in [2.45, 2.75) is 13.1 Å². The molecule has 2 aromatic heterocycles. The van der Waals surface area contributed by atoms with Gasteiger partial charge in [-0.05, 0) is 58.7 Å². The highest BCUT2D eigenvalue weighted by atomic mass is 19.2. The zero-order valence-corrected chi connectivity index (χ0v) is 17.8. The van der Waals surface area contributed by atoms with E-state index in [1.807, 2.05) is 24.3 Å². The minimum absolute atomic E-state index is 0.0108. The van der Waals surface area contributed by atoms with Crippen molar-refractivity contribution in [3.05, 3.63) is 117 Å². The van der Waals surface area contributed by atoms with Gasteiger partial charge in [0, 0.05) is 18.9 Å². The SMILES string of the molecule is NC(=O)c1cc(-c2cccc(CNC(=O)c3cccn(Cc4ccc(F)c(F)c4)c3=O)c2)c[nH]1. The van der Waals surface area contributed by atoms with E-state index in [0.717, 1.165) is 28.8 Å². The first kappa shape index (κ1) is 22.7. The Hall–Kier alpha value is -4.53. The molecule has 0 bridgehead atoms. The Labute approximate surface area is 192 Å². The van der Waals surface area contributed by atoms with Gasteiger partial charge in [0.15, 0.2) is 11.6 Å². The number of H-pyrrole nitrogens is 1. The van der Waals surface area contributed by atoms with Crippen molar-refractivity contribution < 1.29 is 18.4 Å². The number of nitrogens with zero attached hydrogens (tertiary/aromatic N) is 1. The van der Waals surface area contributed by atoms with Crippen LogP contribution in [-0.4, -0.2) is 21.4 Å². The van der Waals surface area contributed by atoms with Gasteiger partial charge in [-0.3, -0.25) is 14.4 Å². The minimum atomic E-state index is -1.01. The number of aromatic amines is 1. The summed E-state index contributed by atoms with van der Waals surface area (Å²) in [6.45, 7) is 0.153. The Morgan fingerprint density at radius 1 is 0.941 bits per heavy atom. The molecule has 0 spiro atoms. The van der Waals surface area contributed by atoms with Gasteiger partial charge in [-0.25, -0.2) is 8.78 Å². The molecule has 0 radical (unpaired) electrons. The van der Waals surface area contributed by atoms with Crippen molar-refractivity contribution in [3.8, 4) is 11.1 Å². The number of rotatable bonds is 7. The summed E-state index contributed by atoms with van der Waals surface area (Å²) in [5.41, 5.74) is 7.70. The average Bonchev–Trinajstić information content (AvgIpc) is 3.32. The second kappa shape index (κ2) is 9.53. The summed E-state index contributed by atoms with van der Waals surface area (Å²) in [5.74, 6) is -3.11. The van der Waals surface area contributed by atoms with E-state index in [2.05, 4.69) is 10.3 Å². The van der Waals surface area contributed by atoms with Gasteiger partial charge in [-0.1, -0.05) is 24.3 Å². The summed E-state index contributed by atoms with van der Waals surface area (Å²) in [6.07, 6.45) is 3.14. The summed E-state index contributed by atoms with van der Waals surface area (Å²) in [6, 6.07) is 15.3. The van der Waals surface area contributed by atoms with Gasteiger partial charge in [0.2, 0.25) is 0 Å². The van der Waals surface area contributed by atoms with Gasteiger partial charge >= 0.3 is 0 Å². The van der Waals surface area contributed by atoms with Crippen molar-refractivity contribution in [1.82, 2.24) is 14.9 Å². The predicted octanol–water partition coefficient (Wildman–Crippen LogP) is 3.20. The Morgan fingerprint density at radius 3 is 2.50 bits per heavy atom. The number of nitrogens with one attached hydrogen (secondary N) is 2. The van der Waals surface area contributed by atoms with Crippen molar-refractivity contribution >= 4 is 11.8 Å². The number of amides is 2. The first-order valence-corrected chi connectivity index (χ1v) is 10.3. The maximum atomic E-state index is 13.5. The summed E-state index contributed by atoms with van der Waals surface area (Å²) >= 11 is 0. The zero-order valence-electron chi connectivity index (χ0n) is 17.8. The second-order valence-corrected chi connectivity index (χ2v) is 7.65. The maximum Gasteiger partial charge on any atom is 0.265 e. The first-order chi connectivity index (χ1) is 16.3. The number of hydrogen-bond donors (Lipinski definition) is 3. The number of nitrogens with two attached hydrogens (primary N) is 1. The molecule has 0 unspecified atom stereocenters. The van der Waals surface area contributed by atoms with Gasteiger partial charge in [0.05, 0.1) is 6.54 Å². The normalized spacial score (nSPS) is 10.8. The van der Waals surface area contributed by atoms with Crippen LogP contribution < -0.4 is 16.6 Å². The van der Waals surface area contributed by atoms with Crippen LogP contribution >= 0.6 is 0 Å². The van der Waals surface area contributed by atoms with E-state index < -0.39 is 29.0 Å². The molecule has 0 aliphatic rings. The van der Waals surface area contributed by atoms with Crippen LogP contribution in [0.5, 0.6) is 0 Å². The van der Waals surface area contributed by atoms with E-state index in [9.17, 15) is 23.2 Å². The molecule has 0 fully saturated rings. The van der Waals surface area contributed by atoms with E-state index in [1.165, 1.54) is 22.9 Å². The van der Waals surface area contributed by atoms with Gasteiger partial charge in [0.25, 0.3) is 17.4 Å². The van der Waals surface area contributed by atoms with Crippen LogP contribution in [0.4, 0.5) is 8.78 Å². The molecule has 34 heavy (non-hydrogen) atoms. The number of halogens is 2. The van der Waals surface area contributed by atoms with Crippen molar-refractivity contribution in [2.24, 2.45) is 5.73 Å². The molecule has 9 heteroatoms. The number of primary amides is 1. The Balaban J connectivity index is 1.47. The molecule has 0 aliphatic heterocycles. The smallest absolute Gasteiger partial charge is 0.265 e. The molecular formula is C25H20F2N4O3. The van der Waals surface area contributed by atoms with Crippen LogP contribution in [0, 0.1) is 11.6 Å². The molecule has 4 aromatic rings. The molecule has 0 atom stereocenters. The molecule has 7 nitrogen and oxygen atoms in total. The van der Waals surface area contributed by atoms with Gasteiger partial charge < -0.3 is 20.6 Å². The fourth-order valence-electron chi connectivity index (χ4n) is 3.51. The van der Waals surface area contributed by atoms with Crippen LogP contribution in [0.1, 0.15) is 32.0 Å². The zero-order chi connectivity index (χ0) is 24.2. The topological polar surface area (TPSA) is 110 Å². The van der Waals surface area contributed by atoms with E-state index in [-0.39, 0.29) is 24.3 Å². The fourth-order valence-corrected chi connectivity index (χ4v) is 3.51. The molecule has 172 valence electrons. The summed E-state index contributed by atoms with van der Waals surface area (Å²) < 4.78 is 27.9. The van der Waals surface area contributed by atoms with E-state index in [0.29, 0.717) is 5.56 Å². The number of carbonyl (C=O) groups excluding carboxylic acids is 2.